The monoisotopic (exact) mass is 321 g/mol. The minimum Gasteiger partial charge on any atom is -0.334 e. The summed E-state index contributed by atoms with van der Waals surface area (Å²) in [6.45, 7) is 3.79. The first-order valence-corrected chi connectivity index (χ1v) is 8.29. The average molecular weight is 321 g/mol. The summed E-state index contributed by atoms with van der Waals surface area (Å²) in [5.41, 5.74) is 1.39. The van der Waals surface area contributed by atoms with Gasteiger partial charge in [-0.05, 0) is 49.4 Å². The van der Waals surface area contributed by atoms with Crippen molar-refractivity contribution in [3.8, 4) is 0 Å². The maximum Gasteiger partial charge on any atom is 0.318 e. The number of nitrogens with one attached hydrogen (secondary N) is 1. The van der Waals surface area contributed by atoms with Crippen LogP contribution >= 0.6 is 0 Å². The number of urea groups is 1. The summed E-state index contributed by atoms with van der Waals surface area (Å²) >= 11 is 0. The van der Waals surface area contributed by atoms with Gasteiger partial charge >= 0.3 is 6.03 Å². The summed E-state index contributed by atoms with van der Waals surface area (Å²) in [5, 5.41) is 3.09. The minimum absolute atomic E-state index is 0.142. The molecule has 2 unspecified atom stereocenters. The van der Waals surface area contributed by atoms with Gasteiger partial charge in [-0.15, -0.1) is 0 Å². The summed E-state index contributed by atoms with van der Waals surface area (Å²) in [4.78, 5) is 16.5. The topological polar surface area (TPSA) is 35.6 Å². The van der Waals surface area contributed by atoms with E-state index in [0.717, 1.165) is 13.0 Å². The lowest BCUT2D eigenvalue weighted by molar-refractivity contribution is 0.193. The van der Waals surface area contributed by atoms with E-state index >= 15 is 0 Å². The molecule has 1 saturated carbocycles. The maximum atomic E-state index is 13.3. The van der Waals surface area contributed by atoms with Gasteiger partial charge in [-0.2, -0.15) is 0 Å². The van der Waals surface area contributed by atoms with Gasteiger partial charge in [0.05, 0.1) is 0 Å². The van der Waals surface area contributed by atoms with Crippen LogP contribution in [0.25, 0.3) is 0 Å². The Balaban J connectivity index is 1.37. The Morgan fingerprint density at radius 3 is 2.35 bits per heavy atom. The van der Waals surface area contributed by atoms with Crippen molar-refractivity contribution in [2.75, 3.05) is 6.54 Å². The molecule has 1 aromatic carbocycles. The molecule has 2 aliphatic heterocycles. The highest BCUT2D eigenvalue weighted by Gasteiger charge is 2.39. The molecule has 4 rings (SSSR count). The maximum absolute atomic E-state index is 13.3. The van der Waals surface area contributed by atoms with Crippen LogP contribution in [0.5, 0.6) is 0 Å². The second-order valence-electron chi connectivity index (χ2n) is 7.05. The third-order valence-corrected chi connectivity index (χ3v) is 5.22. The van der Waals surface area contributed by atoms with E-state index in [1.165, 1.54) is 25.0 Å². The van der Waals surface area contributed by atoms with Crippen LogP contribution in [0.4, 0.5) is 13.6 Å². The third kappa shape index (κ3) is 2.80. The van der Waals surface area contributed by atoms with Crippen molar-refractivity contribution in [3.05, 3.63) is 34.9 Å². The molecule has 3 aliphatic rings. The van der Waals surface area contributed by atoms with Crippen molar-refractivity contribution in [3.63, 3.8) is 0 Å². The van der Waals surface area contributed by atoms with Gasteiger partial charge in [0.25, 0.3) is 0 Å². The van der Waals surface area contributed by atoms with Crippen molar-refractivity contribution in [2.45, 2.75) is 57.4 Å². The molecular formula is C17H21F2N3O. The number of hydrogen-bond acceptors (Lipinski definition) is 2. The van der Waals surface area contributed by atoms with E-state index in [9.17, 15) is 13.6 Å². The average Bonchev–Trinajstić information content (AvgIpc) is 3.16. The number of carbonyl (C=O) groups excluding carboxylic acids is 1. The zero-order valence-corrected chi connectivity index (χ0v) is 13.2. The summed E-state index contributed by atoms with van der Waals surface area (Å²) in [6, 6.07) is 3.63. The standard InChI is InChI=1S/C17H21F2N3O/c1-10-4-13(9-22(10)14-2-3-14)20-17(23)21-7-11-5-15(18)16(19)6-12(11)8-21/h5-6,10,13-14H,2-4,7-9H2,1H3,(H,20,23). The lowest BCUT2D eigenvalue weighted by Crippen LogP contribution is -2.43. The molecular weight excluding hydrogens is 300 g/mol. The highest BCUT2D eigenvalue weighted by molar-refractivity contribution is 5.75. The number of fused-ring (bicyclic) bond motifs is 1. The number of amides is 2. The molecule has 4 nitrogen and oxygen atoms in total. The summed E-state index contributed by atoms with van der Waals surface area (Å²) < 4.78 is 26.6. The number of carbonyl (C=O) groups is 1. The van der Waals surface area contributed by atoms with Gasteiger partial charge in [-0.1, -0.05) is 0 Å². The fraction of sp³-hybridized carbons (Fsp3) is 0.588. The Morgan fingerprint density at radius 2 is 1.78 bits per heavy atom. The molecule has 0 bridgehead atoms. The lowest BCUT2D eigenvalue weighted by Gasteiger charge is -2.21. The predicted molar refractivity (Wildman–Crippen MR) is 81.7 cm³/mol. The van der Waals surface area contributed by atoms with E-state index in [1.54, 1.807) is 4.90 Å². The molecule has 124 valence electrons. The first-order chi connectivity index (χ1) is 11.0. The SMILES string of the molecule is CC1CC(NC(=O)N2Cc3cc(F)c(F)cc3C2)CN1C1CC1. The quantitative estimate of drug-likeness (QED) is 0.909. The van der Waals surface area contributed by atoms with Crippen LogP contribution in [-0.2, 0) is 13.1 Å². The number of likely N-dealkylation sites (tertiary alicyclic amines) is 1. The fourth-order valence-corrected chi connectivity index (χ4v) is 3.88. The zero-order valence-electron chi connectivity index (χ0n) is 13.2. The summed E-state index contributed by atoms with van der Waals surface area (Å²) in [5.74, 6) is -1.70. The fourth-order valence-electron chi connectivity index (χ4n) is 3.88. The Bertz CT molecular complexity index is 616. The first kappa shape index (κ1) is 14.9. The van der Waals surface area contributed by atoms with Crippen LogP contribution in [0.3, 0.4) is 0 Å². The van der Waals surface area contributed by atoms with Gasteiger partial charge < -0.3 is 10.2 Å². The van der Waals surface area contributed by atoms with Crippen molar-refractivity contribution in [1.82, 2.24) is 15.1 Å². The van der Waals surface area contributed by atoms with E-state index in [1.807, 2.05) is 0 Å². The van der Waals surface area contributed by atoms with Crippen LogP contribution in [0.2, 0.25) is 0 Å². The van der Waals surface area contributed by atoms with Gasteiger partial charge in [0.15, 0.2) is 11.6 Å². The second kappa shape index (κ2) is 5.44. The molecule has 2 fully saturated rings. The molecule has 0 aromatic heterocycles. The third-order valence-electron chi connectivity index (χ3n) is 5.22. The molecule has 1 N–H and O–H groups in total. The van der Waals surface area contributed by atoms with E-state index in [0.29, 0.717) is 36.3 Å². The largest absolute Gasteiger partial charge is 0.334 e. The van der Waals surface area contributed by atoms with Gasteiger partial charge in [0, 0.05) is 37.8 Å². The van der Waals surface area contributed by atoms with Crippen molar-refractivity contribution < 1.29 is 13.6 Å². The predicted octanol–water partition coefficient (Wildman–Crippen LogP) is 2.62. The molecule has 2 heterocycles. The number of benzene rings is 1. The number of nitrogens with zero attached hydrogens (tertiary/aromatic N) is 2. The van der Waals surface area contributed by atoms with Crippen LogP contribution < -0.4 is 5.32 Å². The second-order valence-corrected chi connectivity index (χ2v) is 7.05. The van der Waals surface area contributed by atoms with Gasteiger partial charge in [0.2, 0.25) is 0 Å². The van der Waals surface area contributed by atoms with Crippen LogP contribution in [0.15, 0.2) is 12.1 Å². The Morgan fingerprint density at radius 1 is 1.17 bits per heavy atom. The van der Waals surface area contributed by atoms with Crippen LogP contribution in [-0.4, -0.2) is 40.5 Å². The molecule has 1 aromatic rings. The smallest absolute Gasteiger partial charge is 0.318 e. The summed E-state index contributed by atoms with van der Waals surface area (Å²) in [7, 11) is 0. The highest BCUT2D eigenvalue weighted by atomic mass is 19.2. The molecule has 2 amide bonds. The van der Waals surface area contributed by atoms with Gasteiger partial charge in [-0.25, -0.2) is 13.6 Å². The van der Waals surface area contributed by atoms with Crippen LogP contribution in [0.1, 0.15) is 37.3 Å². The molecule has 23 heavy (non-hydrogen) atoms. The minimum atomic E-state index is -0.851. The number of rotatable bonds is 2. The Kier molecular flexibility index (Phi) is 3.52. The van der Waals surface area contributed by atoms with Crippen LogP contribution in [0, 0.1) is 11.6 Å². The summed E-state index contributed by atoms with van der Waals surface area (Å²) in [6.07, 6.45) is 3.50. The van der Waals surface area contributed by atoms with Crippen molar-refractivity contribution in [1.29, 1.82) is 0 Å². The molecule has 0 spiro atoms. The first-order valence-electron chi connectivity index (χ1n) is 8.29. The molecule has 2 atom stereocenters. The van der Waals surface area contributed by atoms with Gasteiger partial charge in [-0.3, -0.25) is 4.90 Å². The Hall–Kier alpha value is -1.69. The number of hydrogen-bond donors (Lipinski definition) is 1. The molecule has 1 saturated heterocycles. The molecule has 1 aliphatic carbocycles. The van der Waals surface area contributed by atoms with Crippen molar-refractivity contribution >= 4 is 6.03 Å². The molecule has 0 radical (unpaired) electrons. The highest BCUT2D eigenvalue weighted by Crippen LogP contribution is 2.33. The van der Waals surface area contributed by atoms with E-state index in [2.05, 4.69) is 17.1 Å². The van der Waals surface area contributed by atoms with E-state index in [4.69, 9.17) is 0 Å². The van der Waals surface area contributed by atoms with Crippen molar-refractivity contribution in [2.24, 2.45) is 0 Å². The number of halogens is 2. The van der Waals surface area contributed by atoms with E-state index < -0.39 is 11.6 Å². The van der Waals surface area contributed by atoms with Gasteiger partial charge in [0.1, 0.15) is 0 Å². The zero-order chi connectivity index (χ0) is 16.1. The van der Waals surface area contributed by atoms with E-state index in [-0.39, 0.29) is 12.1 Å². The molecule has 6 heteroatoms. The normalized spacial score (nSPS) is 27.3. The lowest BCUT2D eigenvalue weighted by atomic mass is 10.1. The Labute approximate surface area is 134 Å².